The molecule has 0 aliphatic rings. The molecule has 0 spiro atoms. The van der Waals surface area contributed by atoms with Crippen LogP contribution in [0.2, 0.25) is 5.02 Å². The van der Waals surface area contributed by atoms with Crippen molar-refractivity contribution in [3.63, 3.8) is 0 Å². The number of halogens is 3. The zero-order valence-corrected chi connectivity index (χ0v) is 12.1. The lowest BCUT2D eigenvalue weighted by Gasteiger charge is -2.19. The molecule has 4 heteroatoms. The largest absolute Gasteiger partial charge is 0.313 e. The van der Waals surface area contributed by atoms with Gasteiger partial charge in [-0.15, -0.1) is 0 Å². The first-order valence-electron chi connectivity index (χ1n) is 6.38. The fourth-order valence-electron chi connectivity index (χ4n) is 2.32. The Bertz CT molecular complexity index is 613. The minimum Gasteiger partial charge on any atom is -0.313 e. The molecule has 2 aromatic rings. The van der Waals surface area contributed by atoms with Crippen LogP contribution in [0.3, 0.4) is 0 Å². The summed E-state index contributed by atoms with van der Waals surface area (Å²) in [5, 5.41) is 3.70. The molecule has 0 saturated heterocycles. The lowest BCUT2D eigenvalue weighted by molar-refractivity contribution is 0.576. The maximum absolute atomic E-state index is 13.3. The van der Waals surface area contributed by atoms with E-state index in [9.17, 15) is 8.78 Å². The van der Waals surface area contributed by atoms with Crippen LogP contribution in [0.25, 0.3) is 0 Å². The minimum absolute atomic E-state index is 0.0464. The molecule has 0 aliphatic carbocycles. The van der Waals surface area contributed by atoms with Crippen molar-refractivity contribution in [1.29, 1.82) is 0 Å². The molecule has 1 nitrogen and oxygen atoms in total. The third-order valence-electron chi connectivity index (χ3n) is 3.39. The van der Waals surface area contributed by atoms with Crippen LogP contribution in [-0.4, -0.2) is 7.05 Å². The first kappa shape index (κ1) is 14.9. The number of likely N-dealkylation sites (N-methyl/N-ethyl adjacent to an activating group) is 1. The summed E-state index contributed by atoms with van der Waals surface area (Å²) in [7, 11) is 1.82. The van der Waals surface area contributed by atoms with Gasteiger partial charge in [-0.3, -0.25) is 0 Å². The molecule has 0 saturated carbocycles. The van der Waals surface area contributed by atoms with E-state index in [1.54, 1.807) is 12.1 Å². The van der Waals surface area contributed by atoms with Gasteiger partial charge in [0.15, 0.2) is 0 Å². The summed E-state index contributed by atoms with van der Waals surface area (Å²) in [4.78, 5) is 0. The minimum atomic E-state index is -0.310. The van der Waals surface area contributed by atoms with E-state index in [4.69, 9.17) is 11.6 Å². The molecule has 0 aliphatic heterocycles. The Hall–Kier alpha value is -1.45. The number of nitrogens with one attached hydrogen (secondary N) is 1. The third-order valence-corrected chi connectivity index (χ3v) is 3.76. The van der Waals surface area contributed by atoms with Gasteiger partial charge >= 0.3 is 0 Å². The van der Waals surface area contributed by atoms with E-state index < -0.39 is 0 Å². The Morgan fingerprint density at radius 2 is 1.75 bits per heavy atom. The highest BCUT2D eigenvalue weighted by Crippen LogP contribution is 2.26. The van der Waals surface area contributed by atoms with Crippen LogP contribution in [0, 0.1) is 18.6 Å². The highest BCUT2D eigenvalue weighted by Gasteiger charge is 2.15. The molecule has 1 unspecified atom stereocenters. The maximum atomic E-state index is 13.3. The van der Waals surface area contributed by atoms with Crippen LogP contribution in [0.1, 0.15) is 22.7 Å². The van der Waals surface area contributed by atoms with Crippen LogP contribution < -0.4 is 5.32 Å². The summed E-state index contributed by atoms with van der Waals surface area (Å²) in [6.07, 6.45) is 0.541. The standard InChI is InChI=1S/C16H16ClF2N/c1-10-7-12(18)3-5-14(10)16(20-2)9-11-8-13(19)4-6-15(11)17/h3-8,16,20H,9H2,1-2H3. The molecule has 0 radical (unpaired) electrons. The summed E-state index contributed by atoms with van der Waals surface area (Å²) in [6.45, 7) is 1.86. The second kappa shape index (κ2) is 6.33. The lowest BCUT2D eigenvalue weighted by atomic mass is 9.95. The molecule has 2 rings (SSSR count). The molecule has 1 atom stereocenters. The van der Waals surface area contributed by atoms with Gasteiger partial charge in [0.05, 0.1) is 0 Å². The van der Waals surface area contributed by atoms with E-state index in [1.165, 1.54) is 24.3 Å². The zero-order chi connectivity index (χ0) is 14.7. The Morgan fingerprint density at radius 3 is 2.40 bits per heavy atom. The fourth-order valence-corrected chi connectivity index (χ4v) is 2.51. The van der Waals surface area contributed by atoms with Crippen LogP contribution in [0.4, 0.5) is 8.78 Å². The summed E-state index contributed by atoms with van der Waals surface area (Å²) < 4.78 is 26.5. The van der Waals surface area contributed by atoms with E-state index in [2.05, 4.69) is 5.32 Å². The van der Waals surface area contributed by atoms with Gasteiger partial charge in [-0.05, 0) is 67.4 Å². The van der Waals surface area contributed by atoms with E-state index in [0.29, 0.717) is 11.4 Å². The Kier molecular flexibility index (Phi) is 4.73. The monoisotopic (exact) mass is 295 g/mol. The van der Waals surface area contributed by atoms with Crippen molar-refractivity contribution in [2.24, 2.45) is 0 Å². The van der Waals surface area contributed by atoms with Gasteiger partial charge in [-0.25, -0.2) is 8.78 Å². The van der Waals surface area contributed by atoms with E-state index in [1.807, 2.05) is 14.0 Å². The second-order valence-electron chi connectivity index (χ2n) is 4.78. The van der Waals surface area contributed by atoms with Gasteiger partial charge < -0.3 is 5.32 Å². The van der Waals surface area contributed by atoms with E-state index >= 15 is 0 Å². The fraction of sp³-hybridized carbons (Fsp3) is 0.250. The molecule has 2 aromatic carbocycles. The number of hydrogen-bond acceptors (Lipinski definition) is 1. The van der Waals surface area contributed by atoms with Crippen molar-refractivity contribution in [3.05, 3.63) is 69.7 Å². The Balaban J connectivity index is 2.31. The average molecular weight is 296 g/mol. The number of hydrogen-bond donors (Lipinski definition) is 1. The molecular formula is C16H16ClF2N. The first-order valence-corrected chi connectivity index (χ1v) is 6.76. The van der Waals surface area contributed by atoms with Crippen molar-refractivity contribution in [2.45, 2.75) is 19.4 Å². The second-order valence-corrected chi connectivity index (χ2v) is 5.19. The summed E-state index contributed by atoms with van der Waals surface area (Å²) in [6, 6.07) is 8.95. The first-order chi connectivity index (χ1) is 9.51. The van der Waals surface area contributed by atoms with Gasteiger partial charge in [-0.1, -0.05) is 17.7 Å². The molecule has 106 valence electrons. The smallest absolute Gasteiger partial charge is 0.123 e. The van der Waals surface area contributed by atoms with Crippen LogP contribution >= 0.6 is 11.6 Å². The SMILES string of the molecule is CNC(Cc1cc(F)ccc1Cl)c1ccc(F)cc1C. The molecule has 0 amide bonds. The molecule has 0 fully saturated rings. The molecule has 1 N–H and O–H groups in total. The number of aryl methyl sites for hydroxylation is 1. The summed E-state index contributed by atoms with van der Waals surface area (Å²) in [5.41, 5.74) is 2.57. The highest BCUT2D eigenvalue weighted by molar-refractivity contribution is 6.31. The van der Waals surface area contributed by atoms with Gasteiger partial charge in [-0.2, -0.15) is 0 Å². The van der Waals surface area contributed by atoms with Crippen LogP contribution in [0.15, 0.2) is 36.4 Å². The Morgan fingerprint density at radius 1 is 1.10 bits per heavy atom. The van der Waals surface area contributed by atoms with Gasteiger partial charge in [0.2, 0.25) is 0 Å². The predicted molar refractivity (Wildman–Crippen MR) is 78.1 cm³/mol. The van der Waals surface area contributed by atoms with E-state index in [0.717, 1.165) is 16.7 Å². The molecule has 0 aromatic heterocycles. The van der Waals surface area contributed by atoms with Crippen LogP contribution in [0.5, 0.6) is 0 Å². The summed E-state index contributed by atoms with van der Waals surface area (Å²) in [5.74, 6) is -0.569. The maximum Gasteiger partial charge on any atom is 0.123 e. The van der Waals surface area contributed by atoms with Crippen molar-refractivity contribution < 1.29 is 8.78 Å². The van der Waals surface area contributed by atoms with Crippen LogP contribution in [-0.2, 0) is 6.42 Å². The molecule has 0 heterocycles. The van der Waals surface area contributed by atoms with Crippen molar-refractivity contribution in [1.82, 2.24) is 5.32 Å². The van der Waals surface area contributed by atoms with E-state index in [-0.39, 0.29) is 17.7 Å². The number of rotatable bonds is 4. The predicted octanol–water partition coefficient (Wildman–Crippen LogP) is 4.43. The van der Waals surface area contributed by atoms with Crippen molar-refractivity contribution in [2.75, 3.05) is 7.05 Å². The quantitative estimate of drug-likeness (QED) is 0.880. The van der Waals surface area contributed by atoms with Crippen molar-refractivity contribution >= 4 is 11.6 Å². The molecule has 0 bridgehead atoms. The lowest BCUT2D eigenvalue weighted by Crippen LogP contribution is -2.20. The summed E-state index contributed by atoms with van der Waals surface area (Å²) >= 11 is 6.10. The average Bonchev–Trinajstić information content (AvgIpc) is 2.40. The van der Waals surface area contributed by atoms with Gasteiger partial charge in [0.25, 0.3) is 0 Å². The van der Waals surface area contributed by atoms with Gasteiger partial charge in [0, 0.05) is 11.1 Å². The normalized spacial score (nSPS) is 12.4. The topological polar surface area (TPSA) is 12.0 Å². The molecular weight excluding hydrogens is 280 g/mol. The number of benzene rings is 2. The van der Waals surface area contributed by atoms with Gasteiger partial charge in [0.1, 0.15) is 11.6 Å². The molecule has 20 heavy (non-hydrogen) atoms. The highest BCUT2D eigenvalue weighted by atomic mass is 35.5. The van der Waals surface area contributed by atoms with Crippen molar-refractivity contribution in [3.8, 4) is 0 Å². The Labute approximate surface area is 122 Å². The third kappa shape index (κ3) is 3.35. The zero-order valence-electron chi connectivity index (χ0n) is 11.4.